The third-order valence-corrected chi connectivity index (χ3v) is 3.82. The largest absolute Gasteiger partial charge is 0.496 e. The molecule has 0 aliphatic rings. The van der Waals surface area contributed by atoms with E-state index in [1.165, 1.54) is 0 Å². The van der Waals surface area contributed by atoms with E-state index in [1.54, 1.807) is 7.11 Å². The lowest BCUT2D eigenvalue weighted by Crippen LogP contribution is -1.95. The second-order valence-electron chi connectivity index (χ2n) is 4.09. The Bertz CT molecular complexity index is 538. The van der Waals surface area contributed by atoms with Gasteiger partial charge in [0.15, 0.2) is 0 Å². The monoisotopic (exact) mass is 384 g/mol. The van der Waals surface area contributed by atoms with E-state index in [2.05, 4.69) is 31.9 Å². The predicted molar refractivity (Wildman–Crippen MR) is 83.3 cm³/mol. The molecule has 100 valence electrons. The zero-order valence-electron chi connectivity index (χ0n) is 10.5. The molecule has 2 nitrogen and oxygen atoms in total. The highest BCUT2D eigenvalue weighted by Crippen LogP contribution is 2.25. The van der Waals surface area contributed by atoms with E-state index in [0.717, 1.165) is 25.8 Å². The van der Waals surface area contributed by atoms with E-state index in [0.29, 0.717) is 13.2 Å². The molecule has 0 fully saturated rings. The standard InChI is InChI=1S/C15H14Br2O2/c1-18-15-7-4-12(8-14(15)17)10-19-9-11-2-5-13(16)6-3-11/h2-8H,9-10H2,1H3. The van der Waals surface area contributed by atoms with Crippen LogP contribution in [-0.2, 0) is 18.0 Å². The van der Waals surface area contributed by atoms with E-state index < -0.39 is 0 Å². The van der Waals surface area contributed by atoms with Crippen molar-refractivity contribution in [3.63, 3.8) is 0 Å². The Labute approximate surface area is 130 Å². The second kappa shape index (κ2) is 7.08. The molecule has 19 heavy (non-hydrogen) atoms. The average Bonchev–Trinajstić information content (AvgIpc) is 2.41. The van der Waals surface area contributed by atoms with E-state index in [9.17, 15) is 0 Å². The highest BCUT2D eigenvalue weighted by atomic mass is 79.9. The predicted octanol–water partition coefficient (Wildman–Crippen LogP) is 4.94. The van der Waals surface area contributed by atoms with Gasteiger partial charge in [0.1, 0.15) is 5.75 Å². The van der Waals surface area contributed by atoms with Crippen molar-refractivity contribution < 1.29 is 9.47 Å². The Kier molecular flexibility index (Phi) is 5.43. The fourth-order valence-corrected chi connectivity index (χ4v) is 2.52. The smallest absolute Gasteiger partial charge is 0.133 e. The summed E-state index contributed by atoms with van der Waals surface area (Å²) in [7, 11) is 1.66. The van der Waals surface area contributed by atoms with Crippen molar-refractivity contribution in [1.82, 2.24) is 0 Å². The van der Waals surface area contributed by atoms with E-state index in [1.807, 2.05) is 42.5 Å². The molecule has 0 heterocycles. The quantitative estimate of drug-likeness (QED) is 0.725. The minimum absolute atomic E-state index is 0.582. The molecule has 0 aliphatic heterocycles. The van der Waals surface area contributed by atoms with Crippen LogP contribution in [0.1, 0.15) is 11.1 Å². The fourth-order valence-electron chi connectivity index (χ4n) is 1.67. The summed E-state index contributed by atoms with van der Waals surface area (Å²) in [5.41, 5.74) is 2.28. The van der Waals surface area contributed by atoms with Crippen LogP contribution in [0.5, 0.6) is 5.75 Å². The summed E-state index contributed by atoms with van der Waals surface area (Å²) in [6, 6.07) is 14.1. The Morgan fingerprint density at radius 2 is 1.53 bits per heavy atom. The molecule has 0 atom stereocenters. The van der Waals surface area contributed by atoms with Crippen molar-refractivity contribution >= 4 is 31.9 Å². The summed E-state index contributed by atoms with van der Waals surface area (Å²) in [6.07, 6.45) is 0. The maximum Gasteiger partial charge on any atom is 0.133 e. The molecule has 0 unspecified atom stereocenters. The molecule has 0 amide bonds. The average molecular weight is 386 g/mol. The first kappa shape index (κ1) is 14.6. The van der Waals surface area contributed by atoms with Gasteiger partial charge in [-0.2, -0.15) is 0 Å². The number of rotatable bonds is 5. The number of hydrogen-bond donors (Lipinski definition) is 0. The van der Waals surface area contributed by atoms with Gasteiger partial charge in [-0.1, -0.05) is 34.1 Å². The van der Waals surface area contributed by atoms with Gasteiger partial charge in [0.05, 0.1) is 24.8 Å². The minimum Gasteiger partial charge on any atom is -0.496 e. The van der Waals surface area contributed by atoms with Gasteiger partial charge in [0, 0.05) is 4.47 Å². The Hall–Kier alpha value is -0.840. The lowest BCUT2D eigenvalue weighted by molar-refractivity contribution is 0.107. The zero-order chi connectivity index (χ0) is 13.7. The lowest BCUT2D eigenvalue weighted by Gasteiger charge is -2.07. The van der Waals surface area contributed by atoms with Crippen molar-refractivity contribution in [3.05, 3.63) is 62.5 Å². The molecule has 2 aromatic carbocycles. The van der Waals surface area contributed by atoms with Gasteiger partial charge in [-0.05, 0) is 51.3 Å². The number of methoxy groups -OCH3 is 1. The number of benzene rings is 2. The summed E-state index contributed by atoms with van der Waals surface area (Å²) in [5.74, 6) is 0.830. The topological polar surface area (TPSA) is 18.5 Å². The van der Waals surface area contributed by atoms with Gasteiger partial charge < -0.3 is 9.47 Å². The first-order valence-corrected chi connectivity index (χ1v) is 7.42. The maximum absolute atomic E-state index is 5.70. The van der Waals surface area contributed by atoms with E-state index in [4.69, 9.17) is 9.47 Å². The Balaban J connectivity index is 1.88. The third kappa shape index (κ3) is 4.34. The fraction of sp³-hybridized carbons (Fsp3) is 0.200. The van der Waals surface area contributed by atoms with E-state index >= 15 is 0 Å². The molecule has 0 aliphatic carbocycles. The van der Waals surface area contributed by atoms with Gasteiger partial charge >= 0.3 is 0 Å². The van der Waals surface area contributed by atoms with Gasteiger partial charge in [0.25, 0.3) is 0 Å². The van der Waals surface area contributed by atoms with Crippen LogP contribution >= 0.6 is 31.9 Å². The zero-order valence-corrected chi connectivity index (χ0v) is 13.7. The first-order chi connectivity index (χ1) is 9.19. The summed E-state index contributed by atoms with van der Waals surface area (Å²) < 4.78 is 12.9. The number of hydrogen-bond acceptors (Lipinski definition) is 2. The highest BCUT2D eigenvalue weighted by molar-refractivity contribution is 9.10. The second-order valence-corrected chi connectivity index (χ2v) is 5.86. The van der Waals surface area contributed by atoms with Crippen molar-refractivity contribution in [1.29, 1.82) is 0 Å². The van der Waals surface area contributed by atoms with Crippen LogP contribution < -0.4 is 4.74 Å². The lowest BCUT2D eigenvalue weighted by atomic mass is 10.2. The molecule has 0 saturated heterocycles. The molecule has 0 spiro atoms. The van der Waals surface area contributed by atoms with Crippen LogP contribution in [0.25, 0.3) is 0 Å². The van der Waals surface area contributed by atoms with Crippen molar-refractivity contribution in [2.24, 2.45) is 0 Å². The van der Waals surface area contributed by atoms with Gasteiger partial charge in [-0.25, -0.2) is 0 Å². The minimum atomic E-state index is 0.582. The third-order valence-electron chi connectivity index (χ3n) is 2.67. The van der Waals surface area contributed by atoms with Gasteiger partial charge in [-0.3, -0.25) is 0 Å². The summed E-state index contributed by atoms with van der Waals surface area (Å²) in [5, 5.41) is 0. The molecule has 0 aromatic heterocycles. The van der Waals surface area contributed by atoms with Crippen molar-refractivity contribution in [2.45, 2.75) is 13.2 Å². The van der Waals surface area contributed by atoms with Crippen LogP contribution in [0.3, 0.4) is 0 Å². The molecule has 0 saturated carbocycles. The van der Waals surface area contributed by atoms with Gasteiger partial charge in [0.2, 0.25) is 0 Å². The van der Waals surface area contributed by atoms with Crippen LogP contribution in [0.15, 0.2) is 51.4 Å². The molecular formula is C15H14Br2O2. The SMILES string of the molecule is COc1ccc(COCc2ccc(Br)cc2)cc1Br. The normalized spacial score (nSPS) is 10.5. The Morgan fingerprint density at radius 3 is 2.16 bits per heavy atom. The summed E-state index contributed by atoms with van der Waals surface area (Å²) in [6.45, 7) is 1.19. The highest BCUT2D eigenvalue weighted by Gasteiger charge is 2.01. The Morgan fingerprint density at radius 1 is 0.895 bits per heavy atom. The van der Waals surface area contributed by atoms with Crippen LogP contribution in [0, 0.1) is 0 Å². The number of ether oxygens (including phenoxy) is 2. The van der Waals surface area contributed by atoms with Crippen LogP contribution in [-0.4, -0.2) is 7.11 Å². The van der Waals surface area contributed by atoms with Crippen LogP contribution in [0.4, 0.5) is 0 Å². The molecule has 4 heteroatoms. The summed E-state index contributed by atoms with van der Waals surface area (Å²) >= 11 is 6.88. The van der Waals surface area contributed by atoms with Crippen molar-refractivity contribution in [2.75, 3.05) is 7.11 Å². The van der Waals surface area contributed by atoms with Crippen molar-refractivity contribution in [3.8, 4) is 5.75 Å². The maximum atomic E-state index is 5.70. The molecule has 0 N–H and O–H groups in total. The summed E-state index contributed by atoms with van der Waals surface area (Å²) in [4.78, 5) is 0. The molecule has 0 bridgehead atoms. The van der Waals surface area contributed by atoms with Crippen LogP contribution in [0.2, 0.25) is 0 Å². The number of halogens is 2. The molecule has 2 rings (SSSR count). The molecule has 2 aromatic rings. The first-order valence-electron chi connectivity index (χ1n) is 5.83. The van der Waals surface area contributed by atoms with E-state index in [-0.39, 0.29) is 0 Å². The molecule has 0 radical (unpaired) electrons. The van der Waals surface area contributed by atoms with Gasteiger partial charge in [-0.15, -0.1) is 0 Å². The molecular weight excluding hydrogens is 372 g/mol.